The van der Waals surface area contributed by atoms with Crippen LogP contribution in [0.2, 0.25) is 10.0 Å². The number of para-hydroxylation sites is 1. The Bertz CT molecular complexity index is 937. The Kier molecular flexibility index (Phi) is 9.32. The number of halogens is 3. The molecule has 1 heterocycles. The van der Waals surface area contributed by atoms with Crippen molar-refractivity contribution in [2.24, 2.45) is 0 Å². The van der Waals surface area contributed by atoms with Gasteiger partial charge in [0.15, 0.2) is 0 Å². The summed E-state index contributed by atoms with van der Waals surface area (Å²) in [7, 11) is 0. The van der Waals surface area contributed by atoms with Crippen molar-refractivity contribution in [3.05, 3.63) is 69.3 Å². The van der Waals surface area contributed by atoms with Crippen LogP contribution < -0.4 is 5.32 Å². The average molecular weight is 456 g/mol. The summed E-state index contributed by atoms with van der Waals surface area (Å²) in [5.74, 6) is 0. The van der Waals surface area contributed by atoms with Gasteiger partial charge in [-0.3, -0.25) is 0 Å². The number of hydrogen-bond acceptors (Lipinski definition) is 2. The van der Waals surface area contributed by atoms with Crippen LogP contribution in [0.4, 0.5) is 0 Å². The molecule has 0 radical (unpaired) electrons. The molecule has 3 nitrogen and oxygen atoms in total. The number of nitrogens with zero attached hydrogens (tertiary/aromatic N) is 1. The maximum absolute atomic E-state index is 6.42. The predicted molar refractivity (Wildman–Crippen MR) is 127 cm³/mol. The van der Waals surface area contributed by atoms with E-state index in [0.29, 0.717) is 16.1 Å². The number of hydrogen-bond donors (Lipinski definition) is 1. The second kappa shape index (κ2) is 11.2. The molecule has 0 saturated carbocycles. The lowest BCUT2D eigenvalue weighted by Gasteiger charge is -2.11. The number of ether oxygens (including phenoxy) is 1. The fourth-order valence-electron chi connectivity index (χ4n) is 3.48. The number of rotatable bonds is 9. The standard InChI is InChI=1S/C23H28Cl2N2O.ClH/c1-16(2)28-12-6-11-26-14-21-17(3)27(23-8-5-4-7-20(21)23)15-18-9-10-19(24)13-22(18)25;/h4-5,7-10,13,16,26H,6,11-12,14-15H2,1-3H3;1H. The van der Waals surface area contributed by atoms with E-state index in [1.807, 2.05) is 12.1 Å². The van der Waals surface area contributed by atoms with Crippen molar-refractivity contribution in [1.29, 1.82) is 0 Å². The van der Waals surface area contributed by atoms with E-state index in [1.54, 1.807) is 6.07 Å². The van der Waals surface area contributed by atoms with E-state index in [9.17, 15) is 0 Å². The van der Waals surface area contributed by atoms with Crippen LogP contribution in [0.5, 0.6) is 0 Å². The Labute approximate surface area is 189 Å². The van der Waals surface area contributed by atoms with Gasteiger partial charge < -0.3 is 14.6 Å². The van der Waals surface area contributed by atoms with Gasteiger partial charge in [-0.25, -0.2) is 0 Å². The molecule has 1 aromatic heterocycles. The Balaban J connectivity index is 0.00000300. The molecular formula is C23H29Cl3N2O. The Morgan fingerprint density at radius 2 is 1.86 bits per heavy atom. The fraction of sp³-hybridized carbons (Fsp3) is 0.391. The van der Waals surface area contributed by atoms with Gasteiger partial charge in [0.05, 0.1) is 6.10 Å². The second-order valence-electron chi connectivity index (χ2n) is 7.35. The third-order valence-electron chi connectivity index (χ3n) is 4.96. The summed E-state index contributed by atoms with van der Waals surface area (Å²) in [6.45, 7) is 9.62. The minimum Gasteiger partial charge on any atom is -0.379 e. The zero-order valence-corrected chi connectivity index (χ0v) is 19.5. The SMILES string of the molecule is Cc1c(CNCCCOC(C)C)c2ccccc2n1Cc1ccc(Cl)cc1Cl.Cl. The Morgan fingerprint density at radius 1 is 1.10 bits per heavy atom. The molecular weight excluding hydrogens is 427 g/mol. The summed E-state index contributed by atoms with van der Waals surface area (Å²) < 4.78 is 7.95. The highest BCUT2D eigenvalue weighted by atomic mass is 35.5. The van der Waals surface area contributed by atoms with Gasteiger partial charge in [0.2, 0.25) is 0 Å². The molecule has 29 heavy (non-hydrogen) atoms. The van der Waals surface area contributed by atoms with Crippen molar-refractivity contribution >= 4 is 46.5 Å². The van der Waals surface area contributed by atoms with Gasteiger partial charge in [-0.15, -0.1) is 12.4 Å². The topological polar surface area (TPSA) is 26.2 Å². The van der Waals surface area contributed by atoms with Crippen LogP contribution in [0.3, 0.4) is 0 Å². The highest BCUT2D eigenvalue weighted by molar-refractivity contribution is 6.35. The maximum atomic E-state index is 6.42. The monoisotopic (exact) mass is 454 g/mol. The number of benzene rings is 2. The van der Waals surface area contributed by atoms with E-state index < -0.39 is 0 Å². The van der Waals surface area contributed by atoms with E-state index >= 15 is 0 Å². The number of nitrogens with one attached hydrogen (secondary N) is 1. The fourth-order valence-corrected chi connectivity index (χ4v) is 3.95. The first-order valence-electron chi connectivity index (χ1n) is 9.80. The van der Waals surface area contributed by atoms with Gasteiger partial charge in [0.1, 0.15) is 0 Å². The van der Waals surface area contributed by atoms with Crippen LogP contribution in [0, 0.1) is 6.92 Å². The van der Waals surface area contributed by atoms with Crippen LogP contribution in [0.1, 0.15) is 37.1 Å². The van der Waals surface area contributed by atoms with E-state index in [0.717, 1.165) is 38.2 Å². The smallest absolute Gasteiger partial charge is 0.0518 e. The summed E-state index contributed by atoms with van der Waals surface area (Å²) in [6, 6.07) is 14.3. The third-order valence-corrected chi connectivity index (χ3v) is 5.54. The lowest BCUT2D eigenvalue weighted by atomic mass is 10.1. The minimum atomic E-state index is 0. The lowest BCUT2D eigenvalue weighted by molar-refractivity contribution is 0.0770. The maximum Gasteiger partial charge on any atom is 0.0518 e. The van der Waals surface area contributed by atoms with Gasteiger partial charge in [0, 0.05) is 46.3 Å². The zero-order chi connectivity index (χ0) is 20.1. The van der Waals surface area contributed by atoms with Gasteiger partial charge in [0.25, 0.3) is 0 Å². The molecule has 0 aliphatic carbocycles. The quantitative estimate of drug-likeness (QED) is 0.366. The molecule has 0 aliphatic heterocycles. The van der Waals surface area contributed by atoms with Crippen LogP contribution in [-0.2, 0) is 17.8 Å². The van der Waals surface area contributed by atoms with Crippen LogP contribution in [0.15, 0.2) is 42.5 Å². The highest BCUT2D eigenvalue weighted by Crippen LogP contribution is 2.29. The largest absolute Gasteiger partial charge is 0.379 e. The number of fused-ring (bicyclic) bond motifs is 1. The van der Waals surface area contributed by atoms with Gasteiger partial charge in [-0.2, -0.15) is 0 Å². The summed E-state index contributed by atoms with van der Waals surface area (Å²) in [6.07, 6.45) is 1.30. The van der Waals surface area contributed by atoms with Crippen molar-refractivity contribution in [3.8, 4) is 0 Å². The summed E-state index contributed by atoms with van der Waals surface area (Å²) in [5.41, 5.74) is 4.90. The molecule has 0 atom stereocenters. The van der Waals surface area contributed by atoms with Crippen molar-refractivity contribution < 1.29 is 4.74 Å². The van der Waals surface area contributed by atoms with E-state index in [-0.39, 0.29) is 12.4 Å². The first-order valence-corrected chi connectivity index (χ1v) is 10.6. The Morgan fingerprint density at radius 3 is 2.59 bits per heavy atom. The van der Waals surface area contributed by atoms with Gasteiger partial charge in [-0.05, 0) is 63.1 Å². The Hall–Kier alpha value is -1.23. The molecule has 158 valence electrons. The first kappa shape index (κ1) is 24.0. The summed E-state index contributed by atoms with van der Waals surface area (Å²) in [4.78, 5) is 0. The molecule has 0 unspecified atom stereocenters. The molecule has 2 aromatic carbocycles. The molecule has 0 saturated heterocycles. The van der Waals surface area contributed by atoms with E-state index in [2.05, 4.69) is 54.9 Å². The highest BCUT2D eigenvalue weighted by Gasteiger charge is 2.14. The van der Waals surface area contributed by atoms with Crippen molar-refractivity contribution in [2.45, 2.75) is 46.4 Å². The van der Waals surface area contributed by atoms with Crippen molar-refractivity contribution in [2.75, 3.05) is 13.2 Å². The molecule has 0 spiro atoms. The van der Waals surface area contributed by atoms with Crippen LogP contribution in [-0.4, -0.2) is 23.8 Å². The minimum absolute atomic E-state index is 0. The number of aromatic nitrogens is 1. The average Bonchev–Trinajstić information content (AvgIpc) is 2.92. The predicted octanol–water partition coefficient (Wildman–Crippen LogP) is 6.63. The van der Waals surface area contributed by atoms with Crippen molar-refractivity contribution in [1.82, 2.24) is 9.88 Å². The molecule has 3 aromatic rings. The van der Waals surface area contributed by atoms with E-state index in [1.165, 1.54) is 22.2 Å². The third kappa shape index (κ3) is 6.13. The van der Waals surface area contributed by atoms with E-state index in [4.69, 9.17) is 27.9 Å². The molecule has 0 aliphatic rings. The molecule has 0 fully saturated rings. The molecule has 0 amide bonds. The molecule has 6 heteroatoms. The van der Waals surface area contributed by atoms with Gasteiger partial charge in [-0.1, -0.05) is 47.5 Å². The normalized spacial score (nSPS) is 11.2. The van der Waals surface area contributed by atoms with Gasteiger partial charge >= 0.3 is 0 Å². The van der Waals surface area contributed by atoms with Crippen molar-refractivity contribution in [3.63, 3.8) is 0 Å². The van der Waals surface area contributed by atoms with Crippen LogP contribution in [0.25, 0.3) is 10.9 Å². The summed E-state index contributed by atoms with van der Waals surface area (Å²) in [5, 5.41) is 6.22. The van der Waals surface area contributed by atoms with Crippen LogP contribution >= 0.6 is 35.6 Å². The molecule has 3 rings (SSSR count). The first-order chi connectivity index (χ1) is 13.5. The molecule has 1 N–H and O–H groups in total. The lowest BCUT2D eigenvalue weighted by Crippen LogP contribution is -2.18. The second-order valence-corrected chi connectivity index (χ2v) is 8.20. The zero-order valence-electron chi connectivity index (χ0n) is 17.2. The molecule has 0 bridgehead atoms. The summed E-state index contributed by atoms with van der Waals surface area (Å²) >= 11 is 12.5.